The fourth-order valence-corrected chi connectivity index (χ4v) is 6.60. The van der Waals surface area contributed by atoms with Crippen molar-refractivity contribution < 1.29 is 52.6 Å². The summed E-state index contributed by atoms with van der Waals surface area (Å²) in [7, 11) is -4.75. The lowest BCUT2D eigenvalue weighted by Crippen LogP contribution is -2.34. The molecule has 1 unspecified atom stereocenters. The maximum absolute atomic E-state index is 12.6. The predicted molar refractivity (Wildman–Crippen MR) is 246 cm³/mol. The Morgan fingerprint density at radius 1 is 0.590 bits per heavy atom. The molecule has 13 heteroatoms. The van der Waals surface area contributed by atoms with Crippen LogP contribution >= 0.6 is 7.82 Å². The van der Waals surface area contributed by atoms with E-state index in [9.17, 15) is 28.9 Å². The molecule has 12 nitrogen and oxygen atoms in total. The Morgan fingerprint density at radius 3 is 1.67 bits per heavy atom. The number of hydrogen-bond donors (Lipinski definition) is 4. The van der Waals surface area contributed by atoms with Gasteiger partial charge in [-0.2, -0.15) is 0 Å². The fraction of sp³-hybridized carbons (Fsp3) is 0.688. The number of phosphoric acid groups is 1. The molecule has 0 spiro atoms. The highest BCUT2D eigenvalue weighted by atomic mass is 31.2. The van der Waals surface area contributed by atoms with E-state index in [0.29, 0.717) is 32.1 Å². The molecule has 0 fully saturated rings. The topological polar surface area (TPSA) is 192 Å². The van der Waals surface area contributed by atoms with Crippen LogP contribution in [-0.4, -0.2) is 71.1 Å². The Labute approximate surface area is 368 Å². The summed E-state index contributed by atoms with van der Waals surface area (Å²) in [5, 5.41) is 18.9. The van der Waals surface area contributed by atoms with E-state index in [1.54, 1.807) is 6.08 Å². The Kier molecular flexibility index (Phi) is 40.0. The van der Waals surface area contributed by atoms with Crippen molar-refractivity contribution in [2.24, 2.45) is 5.73 Å². The van der Waals surface area contributed by atoms with Crippen molar-refractivity contribution in [1.29, 1.82) is 0 Å². The summed E-state index contributed by atoms with van der Waals surface area (Å²) >= 11 is 0. The summed E-state index contributed by atoms with van der Waals surface area (Å²) in [5.74, 6) is -2.51. The Hall–Kier alpha value is -3.12. The van der Waals surface area contributed by atoms with Crippen molar-refractivity contribution >= 4 is 25.7 Å². The average molecular weight is 880 g/mol. The zero-order chi connectivity index (χ0) is 45.1. The van der Waals surface area contributed by atoms with E-state index >= 15 is 0 Å². The van der Waals surface area contributed by atoms with Crippen LogP contribution in [0.15, 0.2) is 72.9 Å². The molecule has 0 heterocycles. The van der Waals surface area contributed by atoms with Gasteiger partial charge in [-0.15, -0.1) is 0 Å². The zero-order valence-corrected chi connectivity index (χ0v) is 38.5. The van der Waals surface area contributed by atoms with Crippen LogP contribution in [0.25, 0.3) is 0 Å². The third kappa shape index (κ3) is 42.0. The number of carbonyl (C=O) groups is 3. The number of ether oxygens (including phenoxy) is 2. The molecule has 0 amide bonds. The molecule has 0 aromatic carbocycles. The van der Waals surface area contributed by atoms with Crippen molar-refractivity contribution in [2.75, 3.05) is 19.8 Å². The van der Waals surface area contributed by atoms with Crippen molar-refractivity contribution in [3.63, 3.8) is 0 Å². The number of esters is 2. The van der Waals surface area contributed by atoms with E-state index in [2.05, 4.69) is 48.8 Å². The summed E-state index contributed by atoms with van der Waals surface area (Å²) in [6, 6.07) is -1.54. The number of allylic oxidation sites excluding steroid dienone is 10. The number of carboxylic acid groups (broad SMARTS) is 1. The molecule has 0 radical (unpaired) electrons. The SMILES string of the molecule is CCCCC/C=C\C/C=C\CCCCCCCCCCCC(=O)OC[C@H](COP(=O)(O)OC[C@H](N)C(=O)O)OC(=O)CCC/C=C\C/C=C\C=C\[C@@H](O)C/C=C\CCCCC. The number of carbonyl (C=O) groups excluding carboxylic acids is 2. The highest BCUT2D eigenvalue weighted by molar-refractivity contribution is 7.47. The number of aliphatic carboxylic acids is 1. The van der Waals surface area contributed by atoms with Crippen LogP contribution < -0.4 is 5.73 Å². The lowest BCUT2D eigenvalue weighted by Gasteiger charge is -2.20. The van der Waals surface area contributed by atoms with Gasteiger partial charge < -0.3 is 30.3 Å². The molecule has 0 aromatic heterocycles. The lowest BCUT2D eigenvalue weighted by atomic mass is 10.1. The summed E-state index contributed by atoms with van der Waals surface area (Å²) in [6.45, 7) is 2.60. The summed E-state index contributed by atoms with van der Waals surface area (Å²) in [5.41, 5.74) is 5.33. The number of unbranched alkanes of at least 4 members (excludes halogenated alkanes) is 16. The van der Waals surface area contributed by atoms with Gasteiger partial charge in [0, 0.05) is 12.8 Å². The number of nitrogens with two attached hydrogens (primary N) is 1. The molecule has 0 aromatic rings. The minimum absolute atomic E-state index is 0.0494. The van der Waals surface area contributed by atoms with Gasteiger partial charge in [0.15, 0.2) is 6.10 Å². The number of phosphoric ester groups is 1. The average Bonchev–Trinajstić information content (AvgIpc) is 3.23. The van der Waals surface area contributed by atoms with Crippen LogP contribution in [0.5, 0.6) is 0 Å². The second-order valence-corrected chi connectivity index (χ2v) is 16.8. The third-order valence-corrected chi connectivity index (χ3v) is 10.5. The Bertz CT molecular complexity index is 1330. The normalized spacial score (nSPS) is 14.8. The largest absolute Gasteiger partial charge is 0.480 e. The summed E-state index contributed by atoms with van der Waals surface area (Å²) in [6.07, 6.45) is 47.1. The second-order valence-electron chi connectivity index (χ2n) is 15.4. The monoisotopic (exact) mass is 880 g/mol. The van der Waals surface area contributed by atoms with Crippen LogP contribution in [0.4, 0.5) is 0 Å². The molecule has 0 rings (SSSR count). The van der Waals surface area contributed by atoms with Gasteiger partial charge in [-0.05, 0) is 77.0 Å². The molecule has 0 saturated carbocycles. The first-order valence-electron chi connectivity index (χ1n) is 23.1. The Balaban J connectivity index is 4.48. The van der Waals surface area contributed by atoms with E-state index < -0.39 is 63.8 Å². The smallest absolute Gasteiger partial charge is 0.472 e. The van der Waals surface area contributed by atoms with Gasteiger partial charge in [-0.3, -0.25) is 23.4 Å². The summed E-state index contributed by atoms with van der Waals surface area (Å²) < 4.78 is 32.6. The molecule has 0 aliphatic heterocycles. The number of aliphatic hydroxyl groups excluding tert-OH is 1. The molecule has 5 N–H and O–H groups in total. The third-order valence-electron chi connectivity index (χ3n) is 9.51. The van der Waals surface area contributed by atoms with E-state index in [1.165, 1.54) is 77.0 Å². The van der Waals surface area contributed by atoms with Crippen LogP contribution in [0.3, 0.4) is 0 Å². The van der Waals surface area contributed by atoms with Gasteiger partial charge in [0.1, 0.15) is 12.6 Å². The minimum atomic E-state index is -4.75. The maximum Gasteiger partial charge on any atom is 0.472 e. The predicted octanol–water partition coefficient (Wildman–Crippen LogP) is 11.5. The molecular weight excluding hydrogens is 797 g/mol. The van der Waals surface area contributed by atoms with Gasteiger partial charge in [0.05, 0.1) is 19.3 Å². The van der Waals surface area contributed by atoms with Gasteiger partial charge >= 0.3 is 25.7 Å². The molecule has 0 aliphatic carbocycles. The molecular formula is C48H82NO11P. The fourth-order valence-electron chi connectivity index (χ4n) is 5.82. The Morgan fingerprint density at radius 2 is 1.08 bits per heavy atom. The van der Waals surface area contributed by atoms with E-state index in [4.69, 9.17) is 24.8 Å². The quantitative estimate of drug-likeness (QED) is 0.0149. The van der Waals surface area contributed by atoms with Crippen LogP contribution in [-0.2, 0) is 37.5 Å². The van der Waals surface area contributed by atoms with Crippen molar-refractivity contribution in [3.05, 3.63) is 72.9 Å². The van der Waals surface area contributed by atoms with Gasteiger partial charge in [-0.25, -0.2) is 4.57 Å². The number of rotatable bonds is 42. The van der Waals surface area contributed by atoms with Gasteiger partial charge in [0.2, 0.25) is 0 Å². The van der Waals surface area contributed by atoms with E-state index in [1.807, 2.05) is 36.5 Å². The molecule has 0 aliphatic rings. The van der Waals surface area contributed by atoms with Crippen molar-refractivity contribution in [3.8, 4) is 0 Å². The van der Waals surface area contributed by atoms with Crippen LogP contribution in [0.2, 0.25) is 0 Å². The van der Waals surface area contributed by atoms with Gasteiger partial charge in [0.25, 0.3) is 0 Å². The highest BCUT2D eigenvalue weighted by Gasteiger charge is 2.28. The minimum Gasteiger partial charge on any atom is -0.480 e. The first-order valence-corrected chi connectivity index (χ1v) is 24.6. The molecule has 0 bridgehead atoms. The van der Waals surface area contributed by atoms with E-state index in [-0.39, 0.29) is 12.8 Å². The second kappa shape index (κ2) is 42.2. The van der Waals surface area contributed by atoms with Crippen LogP contribution in [0.1, 0.15) is 174 Å². The van der Waals surface area contributed by atoms with E-state index in [0.717, 1.165) is 38.5 Å². The van der Waals surface area contributed by atoms with Crippen molar-refractivity contribution in [1.82, 2.24) is 0 Å². The zero-order valence-electron chi connectivity index (χ0n) is 37.6. The van der Waals surface area contributed by atoms with Crippen molar-refractivity contribution in [2.45, 2.75) is 193 Å². The summed E-state index contributed by atoms with van der Waals surface area (Å²) in [4.78, 5) is 46.0. The molecule has 61 heavy (non-hydrogen) atoms. The molecule has 350 valence electrons. The standard InChI is InChI=1S/C48H82NO11P/c1-3-5-7-9-11-12-13-14-15-16-17-18-19-20-21-22-26-30-34-38-46(51)57-40-44(41-58-61(55,56)59-42-45(49)48(53)54)60-47(52)39-35-31-27-24-23-25-29-33-37-43(50)36-32-28-10-8-6-4-2/h11-12,14-15,24-25,27-29,32-33,37,43-45,50H,3-10,13,16-23,26,30-31,34-36,38-42,49H2,1-2H3,(H,53,54)(H,55,56)/b12-11-,15-14-,27-24-,29-25-,32-28-,37-33+/t43-,44+,45-/m0/s1. The maximum atomic E-state index is 12.6. The number of hydrogen-bond acceptors (Lipinski definition) is 10. The van der Waals surface area contributed by atoms with Gasteiger partial charge in [-0.1, -0.05) is 157 Å². The molecule has 0 saturated heterocycles. The first-order chi connectivity index (χ1) is 29.5. The molecule has 4 atom stereocenters. The highest BCUT2D eigenvalue weighted by Crippen LogP contribution is 2.43. The number of carboxylic acids is 1. The first kappa shape index (κ1) is 57.9. The number of aliphatic hydroxyl groups is 1. The lowest BCUT2D eigenvalue weighted by molar-refractivity contribution is -0.161. The van der Waals surface area contributed by atoms with Crippen LogP contribution in [0, 0.1) is 0 Å².